The van der Waals surface area contributed by atoms with Gasteiger partial charge in [0.25, 0.3) is 0 Å². The van der Waals surface area contributed by atoms with Gasteiger partial charge in [-0.15, -0.1) is 0 Å². The second kappa shape index (κ2) is 6.30. The number of ketones is 1. The second-order valence-corrected chi connectivity index (χ2v) is 5.16. The molecule has 0 aromatic heterocycles. The number of hydrogen-bond acceptors (Lipinski definition) is 2. The highest BCUT2D eigenvalue weighted by Crippen LogP contribution is 2.25. The molecular weight excluding hydrogens is 349 g/mol. The summed E-state index contributed by atoms with van der Waals surface area (Å²) in [6.45, 7) is 0.838. The van der Waals surface area contributed by atoms with Crippen LogP contribution in [0, 0.1) is 17.5 Å². The normalized spacial score (nSPS) is 10.5. The molecule has 0 aliphatic rings. The van der Waals surface area contributed by atoms with Crippen LogP contribution in [0.2, 0.25) is 0 Å². The minimum atomic E-state index is -0.776. The molecule has 0 aliphatic carbocycles. The van der Waals surface area contributed by atoms with Crippen molar-refractivity contribution in [3.8, 4) is 5.75 Å². The Balaban J connectivity index is 2.29. The van der Waals surface area contributed by atoms with Gasteiger partial charge >= 0.3 is 0 Å². The highest BCUT2D eigenvalue weighted by atomic mass is 79.9. The third kappa shape index (κ3) is 3.44. The van der Waals surface area contributed by atoms with Gasteiger partial charge in [-0.2, -0.15) is 0 Å². The summed E-state index contributed by atoms with van der Waals surface area (Å²) in [5.74, 6) is -2.46. The number of ether oxygens (including phenoxy) is 1. The quantitative estimate of drug-likeness (QED) is 0.587. The summed E-state index contributed by atoms with van der Waals surface area (Å²) in [5.41, 5.74) is -0.256. The van der Waals surface area contributed by atoms with Crippen molar-refractivity contribution in [1.29, 1.82) is 0 Å². The average molecular weight is 359 g/mol. The number of Topliss-reactive ketones (excluding diaryl/α,β-unsaturated/α-hetero) is 1. The molecule has 2 rings (SSSR count). The monoisotopic (exact) mass is 358 g/mol. The van der Waals surface area contributed by atoms with E-state index in [1.54, 1.807) is 0 Å². The molecule has 0 amide bonds. The van der Waals surface area contributed by atoms with E-state index in [0.717, 1.165) is 18.2 Å². The van der Waals surface area contributed by atoms with Crippen molar-refractivity contribution in [2.75, 3.05) is 0 Å². The average Bonchev–Trinajstić information content (AvgIpc) is 2.44. The van der Waals surface area contributed by atoms with E-state index in [9.17, 15) is 18.0 Å². The second-order valence-electron chi connectivity index (χ2n) is 4.31. The van der Waals surface area contributed by atoms with Gasteiger partial charge < -0.3 is 4.74 Å². The Morgan fingerprint density at radius 1 is 1.19 bits per heavy atom. The van der Waals surface area contributed by atoms with Gasteiger partial charge in [-0.05, 0) is 53.2 Å². The third-order valence-electron chi connectivity index (χ3n) is 2.83. The zero-order valence-corrected chi connectivity index (χ0v) is 12.5. The van der Waals surface area contributed by atoms with Crippen molar-refractivity contribution in [1.82, 2.24) is 0 Å². The molecule has 0 heterocycles. The summed E-state index contributed by atoms with van der Waals surface area (Å²) in [4.78, 5) is 11.4. The van der Waals surface area contributed by atoms with Gasteiger partial charge in [-0.25, -0.2) is 13.2 Å². The van der Waals surface area contributed by atoms with E-state index >= 15 is 0 Å². The molecule has 2 nitrogen and oxygen atoms in total. The fourth-order valence-electron chi connectivity index (χ4n) is 1.75. The summed E-state index contributed by atoms with van der Waals surface area (Å²) in [5, 5.41) is 0. The van der Waals surface area contributed by atoms with Crippen LogP contribution in [-0.4, -0.2) is 5.78 Å². The van der Waals surface area contributed by atoms with Gasteiger partial charge in [-0.1, -0.05) is 0 Å². The highest BCUT2D eigenvalue weighted by molar-refractivity contribution is 9.10. The van der Waals surface area contributed by atoms with Crippen LogP contribution < -0.4 is 4.74 Å². The molecule has 0 bridgehead atoms. The van der Waals surface area contributed by atoms with E-state index in [2.05, 4.69) is 15.9 Å². The largest absolute Gasteiger partial charge is 0.488 e. The van der Waals surface area contributed by atoms with Gasteiger partial charge in [0.2, 0.25) is 0 Å². The van der Waals surface area contributed by atoms with E-state index in [1.165, 1.54) is 19.1 Å². The molecule has 6 heteroatoms. The molecule has 0 spiro atoms. The number of rotatable bonds is 4. The Morgan fingerprint density at radius 3 is 2.57 bits per heavy atom. The SMILES string of the molecule is CC(=O)c1cc(F)ccc1OCc1c(F)ccc(Br)c1F. The lowest BCUT2D eigenvalue weighted by Crippen LogP contribution is -2.06. The Bertz CT molecular complexity index is 702. The molecule has 0 atom stereocenters. The lowest BCUT2D eigenvalue weighted by Gasteiger charge is -2.11. The van der Waals surface area contributed by atoms with Gasteiger partial charge in [0.15, 0.2) is 5.78 Å². The summed E-state index contributed by atoms with van der Waals surface area (Å²) in [7, 11) is 0. The minimum absolute atomic E-state index is 0.0193. The maximum Gasteiger partial charge on any atom is 0.163 e. The van der Waals surface area contributed by atoms with E-state index in [-0.39, 0.29) is 21.3 Å². The standard InChI is InChI=1S/C15H10BrF3O2/c1-8(20)10-6-9(17)2-5-14(10)21-7-11-13(18)4-3-12(16)15(11)19/h2-6H,7H2,1H3. The molecule has 0 unspecified atom stereocenters. The molecule has 0 fully saturated rings. The minimum Gasteiger partial charge on any atom is -0.488 e. The summed E-state index contributed by atoms with van der Waals surface area (Å²) < 4.78 is 45.9. The maximum absolute atomic E-state index is 13.8. The first kappa shape index (κ1) is 15.6. The van der Waals surface area contributed by atoms with Crippen molar-refractivity contribution >= 4 is 21.7 Å². The number of hydrogen-bond donors (Lipinski definition) is 0. The van der Waals surface area contributed by atoms with Crippen LogP contribution in [0.3, 0.4) is 0 Å². The number of carbonyl (C=O) groups excluding carboxylic acids is 1. The lowest BCUT2D eigenvalue weighted by atomic mass is 10.1. The van der Waals surface area contributed by atoms with E-state index < -0.39 is 29.8 Å². The van der Waals surface area contributed by atoms with E-state index in [0.29, 0.717) is 0 Å². The van der Waals surface area contributed by atoms with Crippen LogP contribution >= 0.6 is 15.9 Å². The van der Waals surface area contributed by atoms with Crippen LogP contribution in [-0.2, 0) is 6.61 Å². The van der Waals surface area contributed by atoms with Crippen LogP contribution in [0.15, 0.2) is 34.8 Å². The fraction of sp³-hybridized carbons (Fsp3) is 0.133. The Kier molecular flexibility index (Phi) is 4.67. The zero-order chi connectivity index (χ0) is 15.6. The van der Waals surface area contributed by atoms with Gasteiger partial charge in [0.05, 0.1) is 15.6 Å². The molecule has 2 aromatic carbocycles. The molecule has 0 aliphatic heterocycles. The summed E-state index contributed by atoms with van der Waals surface area (Å²) >= 11 is 2.95. The molecule has 0 saturated carbocycles. The molecule has 2 aromatic rings. The molecule has 0 saturated heterocycles. The van der Waals surface area contributed by atoms with Gasteiger partial charge in [0, 0.05) is 0 Å². The topological polar surface area (TPSA) is 26.3 Å². The third-order valence-corrected chi connectivity index (χ3v) is 3.44. The van der Waals surface area contributed by atoms with E-state index in [1.807, 2.05) is 0 Å². The van der Waals surface area contributed by atoms with Crippen molar-refractivity contribution in [2.24, 2.45) is 0 Å². The molecule has 0 radical (unpaired) electrons. The van der Waals surface area contributed by atoms with Crippen LogP contribution in [0.25, 0.3) is 0 Å². The van der Waals surface area contributed by atoms with E-state index in [4.69, 9.17) is 4.74 Å². The van der Waals surface area contributed by atoms with Gasteiger partial charge in [-0.3, -0.25) is 4.79 Å². The van der Waals surface area contributed by atoms with Crippen molar-refractivity contribution < 1.29 is 22.7 Å². The lowest BCUT2D eigenvalue weighted by molar-refractivity contribution is 0.101. The Labute approximate surface area is 127 Å². The Morgan fingerprint density at radius 2 is 1.90 bits per heavy atom. The van der Waals surface area contributed by atoms with Crippen LogP contribution in [0.4, 0.5) is 13.2 Å². The first-order valence-electron chi connectivity index (χ1n) is 5.96. The summed E-state index contributed by atoms with van der Waals surface area (Å²) in [6, 6.07) is 5.72. The van der Waals surface area contributed by atoms with Gasteiger partial charge in [0.1, 0.15) is 29.8 Å². The molecule has 21 heavy (non-hydrogen) atoms. The number of halogens is 4. The van der Waals surface area contributed by atoms with Crippen molar-refractivity contribution in [2.45, 2.75) is 13.5 Å². The van der Waals surface area contributed by atoms with Crippen LogP contribution in [0.1, 0.15) is 22.8 Å². The molecule has 0 N–H and O–H groups in total. The first-order chi connectivity index (χ1) is 9.90. The van der Waals surface area contributed by atoms with Crippen molar-refractivity contribution in [3.05, 3.63) is 63.4 Å². The first-order valence-corrected chi connectivity index (χ1v) is 6.75. The number of carbonyl (C=O) groups is 1. The van der Waals surface area contributed by atoms with Crippen molar-refractivity contribution in [3.63, 3.8) is 0 Å². The van der Waals surface area contributed by atoms with Crippen LogP contribution in [0.5, 0.6) is 5.75 Å². The fourth-order valence-corrected chi connectivity index (χ4v) is 2.13. The smallest absolute Gasteiger partial charge is 0.163 e. The number of benzene rings is 2. The predicted molar refractivity (Wildman–Crippen MR) is 74.8 cm³/mol. The molecular formula is C15H10BrF3O2. The molecule has 110 valence electrons. The summed E-state index contributed by atoms with van der Waals surface area (Å²) in [6.07, 6.45) is 0. The Hall–Kier alpha value is -1.82. The highest BCUT2D eigenvalue weighted by Gasteiger charge is 2.15. The maximum atomic E-state index is 13.8. The predicted octanol–water partition coefficient (Wildman–Crippen LogP) is 4.65. The zero-order valence-electron chi connectivity index (χ0n) is 10.9.